The standard InChI is InChI=1S/C14H28N2/c1-4-15-13-6-5-7-14(9-13)16-10-11(2)8-12(16)3/h11-15H,4-10H2,1-3H3. The minimum absolute atomic E-state index is 0.784. The van der Waals surface area contributed by atoms with Gasteiger partial charge in [0.25, 0.3) is 0 Å². The summed E-state index contributed by atoms with van der Waals surface area (Å²) in [5.74, 6) is 0.912. The molecule has 4 atom stereocenters. The fourth-order valence-corrected chi connectivity index (χ4v) is 3.78. The molecule has 0 aromatic carbocycles. The first-order valence-electron chi connectivity index (χ1n) is 7.19. The van der Waals surface area contributed by atoms with Crippen LogP contribution in [0.1, 0.15) is 52.9 Å². The predicted molar refractivity (Wildman–Crippen MR) is 69.7 cm³/mol. The maximum atomic E-state index is 3.64. The molecule has 0 aromatic heterocycles. The molecular weight excluding hydrogens is 196 g/mol. The molecule has 1 N–H and O–H groups in total. The van der Waals surface area contributed by atoms with Gasteiger partial charge in [-0.05, 0) is 45.1 Å². The van der Waals surface area contributed by atoms with Gasteiger partial charge in [0.15, 0.2) is 0 Å². The lowest BCUT2D eigenvalue weighted by molar-refractivity contribution is 0.132. The maximum absolute atomic E-state index is 3.64. The Hall–Kier alpha value is -0.0800. The molecular formula is C14H28N2. The lowest BCUT2D eigenvalue weighted by Gasteiger charge is -2.38. The van der Waals surface area contributed by atoms with Gasteiger partial charge in [-0.2, -0.15) is 0 Å². The van der Waals surface area contributed by atoms with E-state index in [1.807, 2.05) is 0 Å². The molecule has 94 valence electrons. The number of likely N-dealkylation sites (tertiary alicyclic amines) is 1. The van der Waals surface area contributed by atoms with Crippen LogP contribution >= 0.6 is 0 Å². The zero-order valence-corrected chi connectivity index (χ0v) is 11.2. The Labute approximate surface area is 101 Å². The minimum atomic E-state index is 0.784. The van der Waals surface area contributed by atoms with Gasteiger partial charge in [0, 0.05) is 24.7 Å². The van der Waals surface area contributed by atoms with Crippen molar-refractivity contribution in [2.75, 3.05) is 13.1 Å². The molecule has 0 amide bonds. The second-order valence-corrected chi connectivity index (χ2v) is 5.96. The van der Waals surface area contributed by atoms with E-state index in [4.69, 9.17) is 0 Å². The average Bonchev–Trinajstić information content (AvgIpc) is 2.59. The Morgan fingerprint density at radius 2 is 2.00 bits per heavy atom. The third-order valence-corrected chi connectivity index (χ3v) is 4.44. The number of nitrogens with one attached hydrogen (secondary N) is 1. The van der Waals surface area contributed by atoms with Crippen molar-refractivity contribution in [1.29, 1.82) is 0 Å². The Kier molecular flexibility index (Phi) is 4.26. The Morgan fingerprint density at radius 1 is 1.19 bits per heavy atom. The molecule has 1 aliphatic carbocycles. The summed E-state index contributed by atoms with van der Waals surface area (Å²) >= 11 is 0. The molecule has 0 bridgehead atoms. The summed E-state index contributed by atoms with van der Waals surface area (Å²) in [6.45, 7) is 9.51. The molecule has 1 saturated carbocycles. The van der Waals surface area contributed by atoms with Crippen molar-refractivity contribution in [3.05, 3.63) is 0 Å². The molecule has 0 spiro atoms. The van der Waals surface area contributed by atoms with Crippen LogP contribution in [0.4, 0.5) is 0 Å². The molecule has 2 nitrogen and oxygen atoms in total. The second-order valence-electron chi connectivity index (χ2n) is 5.96. The third-order valence-electron chi connectivity index (χ3n) is 4.44. The summed E-state index contributed by atoms with van der Waals surface area (Å²) in [6, 6.07) is 2.46. The molecule has 2 aliphatic rings. The molecule has 2 rings (SSSR count). The average molecular weight is 224 g/mol. The molecule has 1 saturated heterocycles. The van der Waals surface area contributed by atoms with Gasteiger partial charge in [-0.15, -0.1) is 0 Å². The SMILES string of the molecule is CCNC1CCCC(N2CC(C)CC2C)C1. The molecule has 4 unspecified atom stereocenters. The largest absolute Gasteiger partial charge is 0.314 e. The van der Waals surface area contributed by atoms with Crippen molar-refractivity contribution >= 4 is 0 Å². The van der Waals surface area contributed by atoms with Crippen molar-refractivity contribution in [2.45, 2.75) is 71.0 Å². The molecule has 16 heavy (non-hydrogen) atoms. The van der Waals surface area contributed by atoms with Crippen molar-refractivity contribution in [3.8, 4) is 0 Å². The van der Waals surface area contributed by atoms with Crippen LogP contribution in [0.15, 0.2) is 0 Å². The first-order valence-corrected chi connectivity index (χ1v) is 7.19. The van der Waals surface area contributed by atoms with Gasteiger partial charge in [0.05, 0.1) is 0 Å². The van der Waals surface area contributed by atoms with E-state index >= 15 is 0 Å². The van der Waals surface area contributed by atoms with Gasteiger partial charge in [-0.25, -0.2) is 0 Å². The van der Waals surface area contributed by atoms with Crippen LogP contribution < -0.4 is 5.32 Å². The number of rotatable bonds is 3. The van der Waals surface area contributed by atoms with Crippen LogP contribution in [-0.4, -0.2) is 36.1 Å². The fourth-order valence-electron chi connectivity index (χ4n) is 3.78. The summed E-state index contributed by atoms with van der Waals surface area (Å²) in [6.07, 6.45) is 7.02. The first-order chi connectivity index (χ1) is 7.70. The normalized spacial score (nSPS) is 41.4. The molecule has 1 aliphatic heterocycles. The second kappa shape index (κ2) is 5.50. The Bertz CT molecular complexity index is 215. The van der Waals surface area contributed by atoms with Crippen LogP contribution in [0, 0.1) is 5.92 Å². The predicted octanol–water partition coefficient (Wildman–Crippen LogP) is 2.64. The maximum Gasteiger partial charge on any atom is 0.0113 e. The van der Waals surface area contributed by atoms with Gasteiger partial charge in [-0.3, -0.25) is 4.90 Å². The van der Waals surface area contributed by atoms with E-state index in [-0.39, 0.29) is 0 Å². The topological polar surface area (TPSA) is 15.3 Å². The highest BCUT2D eigenvalue weighted by molar-refractivity contribution is 4.90. The highest BCUT2D eigenvalue weighted by Gasteiger charge is 2.34. The van der Waals surface area contributed by atoms with E-state index in [1.165, 1.54) is 38.6 Å². The van der Waals surface area contributed by atoms with Crippen LogP contribution in [-0.2, 0) is 0 Å². The lowest BCUT2D eigenvalue weighted by atomic mass is 9.89. The van der Waals surface area contributed by atoms with Crippen molar-refractivity contribution in [2.24, 2.45) is 5.92 Å². The van der Waals surface area contributed by atoms with Crippen molar-refractivity contribution < 1.29 is 0 Å². The van der Waals surface area contributed by atoms with Gasteiger partial charge in [-0.1, -0.05) is 20.3 Å². The van der Waals surface area contributed by atoms with E-state index in [1.54, 1.807) is 0 Å². The molecule has 2 heteroatoms. The number of hydrogen-bond acceptors (Lipinski definition) is 2. The monoisotopic (exact) mass is 224 g/mol. The smallest absolute Gasteiger partial charge is 0.0113 e. The molecule has 1 heterocycles. The van der Waals surface area contributed by atoms with Crippen LogP contribution in [0.2, 0.25) is 0 Å². The first kappa shape index (κ1) is 12.4. The van der Waals surface area contributed by atoms with E-state index in [0.717, 1.165) is 30.6 Å². The zero-order valence-electron chi connectivity index (χ0n) is 11.2. The summed E-state index contributed by atoms with van der Waals surface area (Å²) in [7, 11) is 0. The highest BCUT2D eigenvalue weighted by atomic mass is 15.2. The fraction of sp³-hybridized carbons (Fsp3) is 1.00. The van der Waals surface area contributed by atoms with Gasteiger partial charge >= 0.3 is 0 Å². The van der Waals surface area contributed by atoms with Crippen molar-refractivity contribution in [3.63, 3.8) is 0 Å². The molecule has 2 fully saturated rings. The van der Waals surface area contributed by atoms with E-state index in [0.29, 0.717) is 0 Å². The lowest BCUT2D eigenvalue weighted by Crippen LogP contribution is -2.45. The zero-order chi connectivity index (χ0) is 11.5. The molecule has 0 aromatic rings. The van der Waals surface area contributed by atoms with Crippen molar-refractivity contribution in [1.82, 2.24) is 10.2 Å². The molecule has 0 radical (unpaired) electrons. The van der Waals surface area contributed by atoms with Crippen LogP contribution in [0.25, 0.3) is 0 Å². The van der Waals surface area contributed by atoms with Gasteiger partial charge in [0.2, 0.25) is 0 Å². The summed E-state index contributed by atoms with van der Waals surface area (Å²) in [5.41, 5.74) is 0. The quantitative estimate of drug-likeness (QED) is 0.793. The van der Waals surface area contributed by atoms with Crippen LogP contribution in [0.3, 0.4) is 0 Å². The highest BCUT2D eigenvalue weighted by Crippen LogP contribution is 2.31. The Morgan fingerprint density at radius 3 is 2.62 bits per heavy atom. The summed E-state index contributed by atoms with van der Waals surface area (Å²) < 4.78 is 0. The van der Waals surface area contributed by atoms with E-state index in [2.05, 4.69) is 31.0 Å². The van der Waals surface area contributed by atoms with Crippen LogP contribution in [0.5, 0.6) is 0 Å². The Balaban J connectivity index is 1.88. The van der Waals surface area contributed by atoms with E-state index < -0.39 is 0 Å². The summed E-state index contributed by atoms with van der Waals surface area (Å²) in [5, 5.41) is 3.64. The third kappa shape index (κ3) is 2.78. The minimum Gasteiger partial charge on any atom is -0.314 e. The van der Waals surface area contributed by atoms with E-state index in [9.17, 15) is 0 Å². The summed E-state index contributed by atoms with van der Waals surface area (Å²) in [4.78, 5) is 2.79. The van der Waals surface area contributed by atoms with Gasteiger partial charge < -0.3 is 5.32 Å². The van der Waals surface area contributed by atoms with Gasteiger partial charge in [0.1, 0.15) is 0 Å². The number of nitrogens with zero attached hydrogens (tertiary/aromatic N) is 1. The number of hydrogen-bond donors (Lipinski definition) is 1.